The van der Waals surface area contributed by atoms with Gasteiger partial charge in [0.2, 0.25) is 0 Å². The zero-order valence-corrected chi connectivity index (χ0v) is 11.9. The van der Waals surface area contributed by atoms with Gasteiger partial charge in [0.15, 0.2) is 0 Å². The van der Waals surface area contributed by atoms with Crippen molar-refractivity contribution >= 4 is 0 Å². The number of rotatable bonds is 7. The van der Waals surface area contributed by atoms with Crippen molar-refractivity contribution in [3.05, 3.63) is 59.4 Å². The number of alkyl halides is 1. The Morgan fingerprint density at radius 1 is 1.17 bits per heavy atom. The average molecular weight is 249 g/mol. The fourth-order valence-electron chi connectivity index (χ4n) is 1.55. The molecule has 0 aliphatic heterocycles. The molecule has 1 nitrogen and oxygen atoms in total. The molecule has 0 aromatic rings. The first-order valence-electron chi connectivity index (χ1n) is 6.14. The van der Waals surface area contributed by atoms with Crippen LogP contribution in [0.4, 0.5) is 4.39 Å². The molecule has 0 radical (unpaired) electrons. The molecule has 0 aromatic carbocycles. The third kappa shape index (κ3) is 5.17. The Labute approximate surface area is 110 Å². The van der Waals surface area contributed by atoms with Crippen LogP contribution in [-0.2, 0) is 0 Å². The number of halogens is 1. The first kappa shape index (κ1) is 16.4. The second-order valence-electron chi connectivity index (χ2n) is 4.14. The second-order valence-corrected chi connectivity index (χ2v) is 4.14. The van der Waals surface area contributed by atoms with Gasteiger partial charge < -0.3 is 5.32 Å². The Morgan fingerprint density at radius 2 is 1.78 bits per heavy atom. The molecule has 0 saturated carbocycles. The summed E-state index contributed by atoms with van der Waals surface area (Å²) >= 11 is 0. The maximum Gasteiger partial charge on any atom is 0.107 e. The van der Waals surface area contributed by atoms with Crippen molar-refractivity contribution in [1.82, 2.24) is 5.32 Å². The van der Waals surface area contributed by atoms with Crippen molar-refractivity contribution in [3.8, 4) is 0 Å². The molecule has 0 amide bonds. The third-order valence-electron chi connectivity index (χ3n) is 2.75. The molecule has 18 heavy (non-hydrogen) atoms. The van der Waals surface area contributed by atoms with E-state index in [-0.39, 0.29) is 6.54 Å². The lowest BCUT2D eigenvalue weighted by molar-refractivity contribution is 0.483. The maximum atomic E-state index is 12.1. The van der Waals surface area contributed by atoms with E-state index in [4.69, 9.17) is 0 Å². The monoisotopic (exact) mass is 249 g/mol. The molecule has 1 N–H and O–H groups in total. The van der Waals surface area contributed by atoms with Crippen molar-refractivity contribution < 1.29 is 4.39 Å². The SMILES string of the molecule is C=C(NCCF)/C(=C/C)C(=C)/C(C)=C\C(C)=C/C. The summed E-state index contributed by atoms with van der Waals surface area (Å²) in [4.78, 5) is 0. The highest BCUT2D eigenvalue weighted by Crippen LogP contribution is 2.22. The third-order valence-corrected chi connectivity index (χ3v) is 2.75. The number of nitrogens with one attached hydrogen (secondary N) is 1. The summed E-state index contributed by atoms with van der Waals surface area (Å²) in [6, 6.07) is 0. The molecule has 0 spiro atoms. The zero-order valence-electron chi connectivity index (χ0n) is 11.9. The van der Waals surface area contributed by atoms with Gasteiger partial charge in [0.25, 0.3) is 0 Å². The highest BCUT2D eigenvalue weighted by Gasteiger charge is 2.07. The highest BCUT2D eigenvalue weighted by atomic mass is 19.1. The number of allylic oxidation sites excluding steroid dienone is 6. The van der Waals surface area contributed by atoms with Gasteiger partial charge >= 0.3 is 0 Å². The van der Waals surface area contributed by atoms with Crippen LogP contribution in [0.5, 0.6) is 0 Å². The van der Waals surface area contributed by atoms with Crippen LogP contribution in [0.2, 0.25) is 0 Å². The maximum absolute atomic E-state index is 12.1. The quantitative estimate of drug-likeness (QED) is 0.656. The van der Waals surface area contributed by atoms with Crippen molar-refractivity contribution in [2.24, 2.45) is 0 Å². The van der Waals surface area contributed by atoms with E-state index in [0.29, 0.717) is 5.70 Å². The van der Waals surface area contributed by atoms with Gasteiger partial charge in [0, 0.05) is 12.2 Å². The van der Waals surface area contributed by atoms with Gasteiger partial charge in [-0.05, 0) is 44.4 Å². The molecule has 0 unspecified atom stereocenters. The Bertz CT molecular complexity index is 397. The van der Waals surface area contributed by atoms with E-state index in [1.807, 2.05) is 39.8 Å². The number of hydrogen-bond donors (Lipinski definition) is 1. The fraction of sp³-hybridized carbons (Fsp3) is 0.375. The van der Waals surface area contributed by atoms with Crippen LogP contribution < -0.4 is 5.32 Å². The molecule has 0 aliphatic carbocycles. The van der Waals surface area contributed by atoms with E-state index in [1.165, 1.54) is 5.57 Å². The molecule has 0 atom stereocenters. The molecular weight excluding hydrogens is 225 g/mol. The minimum absolute atomic E-state index is 0.278. The smallest absolute Gasteiger partial charge is 0.107 e. The average Bonchev–Trinajstić information content (AvgIpc) is 2.36. The Morgan fingerprint density at radius 3 is 2.22 bits per heavy atom. The van der Waals surface area contributed by atoms with Gasteiger partial charge in [-0.15, -0.1) is 0 Å². The van der Waals surface area contributed by atoms with Gasteiger partial charge in [0.1, 0.15) is 6.67 Å². The summed E-state index contributed by atoms with van der Waals surface area (Å²) in [5.74, 6) is 0. The van der Waals surface area contributed by atoms with Gasteiger partial charge in [0.05, 0.1) is 0 Å². The van der Waals surface area contributed by atoms with Crippen LogP contribution in [0.25, 0.3) is 0 Å². The standard InChI is InChI=1S/C16H24FN/c1-7-12(3)11-13(4)14(5)16(8-2)15(6)18-10-9-17/h7-8,11,18H,5-6,9-10H2,1-4H3/b12-7-,13-11-,16-8+. The van der Waals surface area contributed by atoms with Gasteiger partial charge in [-0.2, -0.15) is 0 Å². The summed E-state index contributed by atoms with van der Waals surface area (Å²) in [5.41, 5.74) is 4.83. The van der Waals surface area contributed by atoms with Crippen LogP contribution >= 0.6 is 0 Å². The molecule has 0 saturated heterocycles. The predicted octanol–water partition coefficient (Wildman–Crippen LogP) is 4.47. The van der Waals surface area contributed by atoms with Crippen molar-refractivity contribution in [3.63, 3.8) is 0 Å². The van der Waals surface area contributed by atoms with Crippen molar-refractivity contribution in [2.75, 3.05) is 13.2 Å². The summed E-state index contributed by atoms with van der Waals surface area (Å²) < 4.78 is 12.1. The van der Waals surface area contributed by atoms with E-state index >= 15 is 0 Å². The molecule has 0 rings (SSSR count). The van der Waals surface area contributed by atoms with Crippen molar-refractivity contribution in [2.45, 2.75) is 27.7 Å². The largest absolute Gasteiger partial charge is 0.382 e. The lowest BCUT2D eigenvalue weighted by Crippen LogP contribution is -2.17. The highest BCUT2D eigenvalue weighted by molar-refractivity contribution is 5.53. The summed E-state index contributed by atoms with van der Waals surface area (Å²) in [5, 5.41) is 2.95. The van der Waals surface area contributed by atoms with E-state index in [0.717, 1.165) is 16.7 Å². The Kier molecular flexibility index (Phi) is 7.77. The second kappa shape index (κ2) is 8.51. The van der Waals surface area contributed by atoms with Crippen LogP contribution in [0, 0.1) is 0 Å². The summed E-state index contributed by atoms with van der Waals surface area (Å²) in [7, 11) is 0. The molecule has 0 aromatic heterocycles. The van der Waals surface area contributed by atoms with Crippen LogP contribution in [0.1, 0.15) is 27.7 Å². The minimum Gasteiger partial charge on any atom is -0.382 e. The lowest BCUT2D eigenvalue weighted by atomic mass is 9.96. The molecule has 0 aliphatic rings. The van der Waals surface area contributed by atoms with Crippen LogP contribution in [0.15, 0.2) is 59.4 Å². The topological polar surface area (TPSA) is 12.0 Å². The molecule has 0 fully saturated rings. The Balaban J connectivity index is 4.94. The predicted molar refractivity (Wildman–Crippen MR) is 79.2 cm³/mol. The molecule has 100 valence electrons. The van der Waals surface area contributed by atoms with E-state index < -0.39 is 6.67 Å². The molecule has 0 heterocycles. The number of hydrogen-bond acceptors (Lipinski definition) is 1. The van der Waals surface area contributed by atoms with Crippen LogP contribution in [-0.4, -0.2) is 13.2 Å². The van der Waals surface area contributed by atoms with Gasteiger partial charge in [-0.3, -0.25) is 0 Å². The zero-order chi connectivity index (χ0) is 14.1. The van der Waals surface area contributed by atoms with Crippen LogP contribution in [0.3, 0.4) is 0 Å². The van der Waals surface area contributed by atoms with Crippen molar-refractivity contribution in [1.29, 1.82) is 0 Å². The van der Waals surface area contributed by atoms with E-state index in [9.17, 15) is 4.39 Å². The normalized spacial score (nSPS) is 13.5. The van der Waals surface area contributed by atoms with Gasteiger partial charge in [-0.25, -0.2) is 4.39 Å². The molecule has 2 heteroatoms. The summed E-state index contributed by atoms with van der Waals surface area (Å²) in [6.07, 6.45) is 6.06. The Hall–Kier alpha value is -1.57. The van der Waals surface area contributed by atoms with Gasteiger partial charge in [-0.1, -0.05) is 37.0 Å². The lowest BCUT2D eigenvalue weighted by Gasteiger charge is -2.15. The first-order valence-corrected chi connectivity index (χ1v) is 6.14. The fourth-order valence-corrected chi connectivity index (χ4v) is 1.55. The minimum atomic E-state index is -0.408. The molecular formula is C16H24FN. The van der Waals surface area contributed by atoms with E-state index in [1.54, 1.807) is 0 Å². The van der Waals surface area contributed by atoms with E-state index in [2.05, 4.69) is 24.6 Å². The first-order chi connectivity index (χ1) is 8.47. The summed E-state index contributed by atoms with van der Waals surface area (Å²) in [6.45, 7) is 15.9. The molecule has 0 bridgehead atoms.